The summed E-state index contributed by atoms with van der Waals surface area (Å²) < 4.78 is 5.86. The van der Waals surface area contributed by atoms with Gasteiger partial charge in [0, 0.05) is 29.7 Å². The zero-order valence-corrected chi connectivity index (χ0v) is 14.1. The largest absolute Gasteiger partial charge is 0.472 e. The first-order valence-corrected chi connectivity index (χ1v) is 8.13. The number of carbonyl (C=O) groups excluding carboxylic acids is 1. The number of nitrogens with zero attached hydrogens (tertiary/aromatic N) is 2. The number of benzene rings is 1. The number of rotatable bonds is 3. The van der Waals surface area contributed by atoms with Crippen LogP contribution in [0.5, 0.6) is 5.88 Å². The summed E-state index contributed by atoms with van der Waals surface area (Å²) in [5.41, 5.74) is 1.37. The molecule has 3 rings (SSSR count). The molecule has 2 aromatic rings. The zero-order valence-electron chi connectivity index (χ0n) is 12.6. The number of likely N-dealkylation sites (tertiary alicyclic amines) is 1. The summed E-state index contributed by atoms with van der Waals surface area (Å²) in [6.45, 7) is 3.07. The first-order valence-electron chi connectivity index (χ1n) is 7.37. The van der Waals surface area contributed by atoms with Crippen molar-refractivity contribution in [3.05, 3.63) is 57.7 Å². The molecule has 1 aliphatic heterocycles. The maximum Gasteiger partial charge on any atom is 0.255 e. The first-order chi connectivity index (χ1) is 11.0. The van der Waals surface area contributed by atoms with E-state index < -0.39 is 0 Å². The Morgan fingerprint density at radius 3 is 2.87 bits per heavy atom. The molecule has 6 heteroatoms. The standard InChI is InChI=1S/C17H16Cl2N2O2/c1-11-3-2-4-16(20-11)23-13-7-8-21(10-13)17(22)14-6-5-12(18)9-15(14)19/h2-6,9,13H,7-8,10H2,1H3. The fourth-order valence-electron chi connectivity index (χ4n) is 2.60. The van der Waals surface area contributed by atoms with E-state index in [2.05, 4.69) is 4.98 Å². The first kappa shape index (κ1) is 16.1. The third-order valence-corrected chi connectivity index (χ3v) is 4.29. The van der Waals surface area contributed by atoms with Crippen LogP contribution < -0.4 is 4.74 Å². The molecule has 1 fully saturated rings. The zero-order chi connectivity index (χ0) is 16.4. The van der Waals surface area contributed by atoms with E-state index in [9.17, 15) is 4.79 Å². The Balaban J connectivity index is 1.66. The van der Waals surface area contributed by atoms with Crippen LogP contribution in [0.4, 0.5) is 0 Å². The number of amides is 1. The molecule has 1 amide bonds. The van der Waals surface area contributed by atoms with Gasteiger partial charge in [0.05, 0.1) is 17.1 Å². The predicted octanol–water partition coefficient (Wildman–Crippen LogP) is 3.99. The van der Waals surface area contributed by atoms with Crippen LogP contribution in [0.1, 0.15) is 22.5 Å². The molecule has 0 spiro atoms. The Morgan fingerprint density at radius 2 is 2.13 bits per heavy atom. The highest BCUT2D eigenvalue weighted by molar-refractivity contribution is 6.36. The summed E-state index contributed by atoms with van der Waals surface area (Å²) in [7, 11) is 0. The van der Waals surface area contributed by atoms with Gasteiger partial charge in [0.25, 0.3) is 5.91 Å². The molecule has 1 aliphatic rings. The molecule has 1 atom stereocenters. The Hall–Kier alpha value is -1.78. The van der Waals surface area contributed by atoms with Crippen LogP contribution in [-0.4, -0.2) is 35.0 Å². The van der Waals surface area contributed by atoms with Crippen LogP contribution in [0.2, 0.25) is 10.0 Å². The van der Waals surface area contributed by atoms with E-state index in [1.165, 1.54) is 0 Å². The van der Waals surface area contributed by atoms with Gasteiger partial charge in [0.1, 0.15) is 6.10 Å². The highest BCUT2D eigenvalue weighted by Crippen LogP contribution is 2.25. The molecule has 1 saturated heterocycles. The Kier molecular flexibility index (Phi) is 4.74. The molecule has 1 aromatic carbocycles. The lowest BCUT2D eigenvalue weighted by atomic mass is 10.2. The second-order valence-electron chi connectivity index (χ2n) is 5.52. The SMILES string of the molecule is Cc1cccc(OC2CCN(C(=O)c3ccc(Cl)cc3Cl)C2)n1. The number of hydrogen-bond donors (Lipinski definition) is 0. The predicted molar refractivity (Wildman–Crippen MR) is 90.4 cm³/mol. The fourth-order valence-corrected chi connectivity index (χ4v) is 3.09. The Morgan fingerprint density at radius 1 is 1.30 bits per heavy atom. The van der Waals surface area contributed by atoms with Crippen molar-refractivity contribution in [3.63, 3.8) is 0 Å². The number of hydrogen-bond acceptors (Lipinski definition) is 3. The Bertz CT molecular complexity index is 736. The molecule has 1 unspecified atom stereocenters. The topological polar surface area (TPSA) is 42.4 Å². The van der Waals surface area contributed by atoms with E-state index in [0.717, 1.165) is 12.1 Å². The Labute approximate surface area is 145 Å². The fraction of sp³-hybridized carbons (Fsp3) is 0.294. The maximum absolute atomic E-state index is 12.6. The van der Waals surface area contributed by atoms with E-state index in [4.69, 9.17) is 27.9 Å². The molecule has 0 N–H and O–H groups in total. The normalized spacial score (nSPS) is 17.3. The molecule has 0 bridgehead atoms. The van der Waals surface area contributed by atoms with E-state index in [1.54, 1.807) is 23.1 Å². The van der Waals surface area contributed by atoms with Crippen molar-refractivity contribution in [1.82, 2.24) is 9.88 Å². The van der Waals surface area contributed by atoms with Crippen molar-refractivity contribution >= 4 is 29.1 Å². The highest BCUT2D eigenvalue weighted by atomic mass is 35.5. The van der Waals surface area contributed by atoms with Crippen LogP contribution in [0.15, 0.2) is 36.4 Å². The second-order valence-corrected chi connectivity index (χ2v) is 6.36. The van der Waals surface area contributed by atoms with Gasteiger partial charge in [-0.1, -0.05) is 29.3 Å². The van der Waals surface area contributed by atoms with Crippen LogP contribution in [0, 0.1) is 6.92 Å². The van der Waals surface area contributed by atoms with Crippen LogP contribution >= 0.6 is 23.2 Å². The number of ether oxygens (including phenoxy) is 1. The summed E-state index contributed by atoms with van der Waals surface area (Å²) in [5.74, 6) is 0.490. The number of aryl methyl sites for hydroxylation is 1. The number of pyridine rings is 1. The molecular weight excluding hydrogens is 335 g/mol. The third-order valence-electron chi connectivity index (χ3n) is 3.74. The van der Waals surface area contributed by atoms with Crippen molar-refractivity contribution in [2.75, 3.05) is 13.1 Å². The summed E-state index contributed by atoms with van der Waals surface area (Å²) in [6, 6.07) is 10.6. The van der Waals surface area contributed by atoms with Gasteiger partial charge in [-0.15, -0.1) is 0 Å². The molecule has 1 aromatic heterocycles. The highest BCUT2D eigenvalue weighted by Gasteiger charge is 2.29. The molecule has 23 heavy (non-hydrogen) atoms. The lowest BCUT2D eigenvalue weighted by molar-refractivity contribution is 0.0771. The van der Waals surface area contributed by atoms with Gasteiger partial charge >= 0.3 is 0 Å². The van der Waals surface area contributed by atoms with Gasteiger partial charge in [-0.25, -0.2) is 4.98 Å². The van der Waals surface area contributed by atoms with Crippen molar-refractivity contribution < 1.29 is 9.53 Å². The average Bonchev–Trinajstić information content (AvgIpc) is 2.95. The van der Waals surface area contributed by atoms with Gasteiger partial charge in [-0.05, 0) is 31.2 Å². The minimum Gasteiger partial charge on any atom is -0.472 e. The van der Waals surface area contributed by atoms with E-state index in [0.29, 0.717) is 34.6 Å². The van der Waals surface area contributed by atoms with Crippen LogP contribution in [-0.2, 0) is 0 Å². The molecule has 4 nitrogen and oxygen atoms in total. The van der Waals surface area contributed by atoms with Gasteiger partial charge < -0.3 is 9.64 Å². The average molecular weight is 351 g/mol. The van der Waals surface area contributed by atoms with Crippen molar-refractivity contribution in [3.8, 4) is 5.88 Å². The van der Waals surface area contributed by atoms with Crippen molar-refractivity contribution in [2.24, 2.45) is 0 Å². The minimum atomic E-state index is -0.102. The van der Waals surface area contributed by atoms with Gasteiger partial charge in [0.2, 0.25) is 5.88 Å². The van der Waals surface area contributed by atoms with Crippen LogP contribution in [0.25, 0.3) is 0 Å². The lowest BCUT2D eigenvalue weighted by Crippen LogP contribution is -2.31. The molecule has 0 radical (unpaired) electrons. The number of carbonyl (C=O) groups is 1. The lowest BCUT2D eigenvalue weighted by Gasteiger charge is -2.18. The second kappa shape index (κ2) is 6.77. The van der Waals surface area contributed by atoms with Gasteiger partial charge in [0.15, 0.2) is 0 Å². The number of halogens is 2. The van der Waals surface area contributed by atoms with E-state index >= 15 is 0 Å². The molecule has 120 valence electrons. The van der Waals surface area contributed by atoms with Crippen LogP contribution in [0.3, 0.4) is 0 Å². The molecular formula is C17H16Cl2N2O2. The summed E-state index contributed by atoms with van der Waals surface area (Å²) >= 11 is 12.0. The molecule has 2 heterocycles. The van der Waals surface area contributed by atoms with E-state index in [-0.39, 0.29) is 12.0 Å². The van der Waals surface area contributed by atoms with Crippen molar-refractivity contribution in [2.45, 2.75) is 19.4 Å². The quantitative estimate of drug-likeness (QED) is 0.840. The third kappa shape index (κ3) is 3.77. The molecule has 0 saturated carbocycles. The summed E-state index contributed by atoms with van der Waals surface area (Å²) in [4.78, 5) is 18.6. The van der Waals surface area contributed by atoms with Crippen molar-refractivity contribution in [1.29, 1.82) is 0 Å². The maximum atomic E-state index is 12.6. The van der Waals surface area contributed by atoms with E-state index in [1.807, 2.05) is 25.1 Å². The summed E-state index contributed by atoms with van der Waals surface area (Å²) in [6.07, 6.45) is 0.714. The number of aromatic nitrogens is 1. The smallest absolute Gasteiger partial charge is 0.255 e. The minimum absolute atomic E-state index is 0.0562. The molecule has 0 aliphatic carbocycles. The summed E-state index contributed by atoms with van der Waals surface area (Å²) in [5, 5.41) is 0.881. The monoisotopic (exact) mass is 350 g/mol. The van der Waals surface area contributed by atoms with Gasteiger partial charge in [-0.2, -0.15) is 0 Å². The van der Waals surface area contributed by atoms with Gasteiger partial charge in [-0.3, -0.25) is 4.79 Å².